The van der Waals surface area contributed by atoms with Gasteiger partial charge >= 0.3 is 5.97 Å². The molecule has 4 rings (SSSR count). The van der Waals surface area contributed by atoms with Crippen molar-refractivity contribution in [3.8, 4) is 0 Å². The summed E-state index contributed by atoms with van der Waals surface area (Å²) in [6.45, 7) is 3.02. The minimum Gasteiger partial charge on any atom is -0.477 e. The van der Waals surface area contributed by atoms with Gasteiger partial charge in [0.2, 0.25) is 5.95 Å². The molecule has 1 fully saturated rings. The summed E-state index contributed by atoms with van der Waals surface area (Å²) in [6, 6.07) is 12.4. The lowest BCUT2D eigenvalue weighted by atomic mass is 10.0. The van der Waals surface area contributed by atoms with Crippen LogP contribution in [0.4, 0.5) is 11.6 Å². The second-order valence-electron chi connectivity index (χ2n) is 6.94. The number of hydrogen-bond donors (Lipinski definition) is 2. The molecule has 0 radical (unpaired) electrons. The number of carbonyl (C=O) groups is 2. The van der Waals surface area contributed by atoms with Crippen LogP contribution < -0.4 is 10.2 Å². The Kier molecular flexibility index (Phi) is 4.68. The number of piperidine rings is 1. The third kappa shape index (κ3) is 3.28. The molecule has 3 aromatic rings. The van der Waals surface area contributed by atoms with E-state index in [-0.39, 0.29) is 17.5 Å². The van der Waals surface area contributed by atoms with Gasteiger partial charge in [0.1, 0.15) is 0 Å². The first kappa shape index (κ1) is 18.0. The molecule has 1 amide bonds. The van der Waals surface area contributed by atoms with Crippen molar-refractivity contribution in [2.24, 2.45) is 0 Å². The van der Waals surface area contributed by atoms with Gasteiger partial charge in [-0.3, -0.25) is 10.1 Å². The van der Waals surface area contributed by atoms with Gasteiger partial charge in [-0.25, -0.2) is 9.31 Å². The summed E-state index contributed by atoms with van der Waals surface area (Å²) >= 11 is 0. The van der Waals surface area contributed by atoms with Gasteiger partial charge < -0.3 is 10.0 Å². The van der Waals surface area contributed by atoms with Gasteiger partial charge in [0.05, 0.1) is 5.69 Å². The minimum atomic E-state index is -1.10. The highest BCUT2D eigenvalue weighted by Crippen LogP contribution is 2.29. The lowest BCUT2D eigenvalue weighted by Gasteiger charge is -2.35. The number of nitrogens with zero attached hydrogens (tertiary/aromatic N) is 4. The van der Waals surface area contributed by atoms with Crippen LogP contribution in [0.5, 0.6) is 0 Å². The average Bonchev–Trinajstić information content (AvgIpc) is 3.11. The zero-order valence-electron chi connectivity index (χ0n) is 15.5. The fourth-order valence-corrected chi connectivity index (χ4v) is 3.61. The van der Waals surface area contributed by atoms with E-state index < -0.39 is 5.97 Å². The summed E-state index contributed by atoms with van der Waals surface area (Å²) in [6.07, 6.45) is 3.31. The number of aromatic carboxylic acids is 1. The molecule has 8 nitrogen and oxygen atoms in total. The highest BCUT2D eigenvalue weighted by Gasteiger charge is 2.24. The van der Waals surface area contributed by atoms with E-state index in [4.69, 9.17) is 0 Å². The van der Waals surface area contributed by atoms with Crippen LogP contribution in [0.2, 0.25) is 0 Å². The highest BCUT2D eigenvalue weighted by molar-refractivity contribution is 6.03. The van der Waals surface area contributed by atoms with E-state index in [1.165, 1.54) is 17.0 Å². The summed E-state index contributed by atoms with van der Waals surface area (Å²) < 4.78 is 1.29. The standard InChI is InChI=1S/C20H21N5O3/c1-13-7-5-6-12-24(13)15-10-11-16(19(27)28)25-17(15)21-20(23-25)22-18(26)14-8-3-2-4-9-14/h2-4,8-11,13H,5-7,12H2,1H3,(H,27,28)(H,22,23,26). The lowest BCUT2D eigenvalue weighted by Crippen LogP contribution is -2.37. The number of rotatable bonds is 4. The number of hydrogen-bond acceptors (Lipinski definition) is 5. The van der Waals surface area contributed by atoms with Gasteiger partial charge in [0.25, 0.3) is 5.91 Å². The number of carboxylic acid groups (broad SMARTS) is 1. The number of pyridine rings is 1. The molecule has 0 saturated carbocycles. The Morgan fingerprint density at radius 1 is 1.14 bits per heavy atom. The average molecular weight is 379 g/mol. The Labute approximate surface area is 161 Å². The fourth-order valence-electron chi connectivity index (χ4n) is 3.61. The SMILES string of the molecule is CC1CCCCN1c1ccc(C(=O)O)n2nc(NC(=O)c3ccccc3)nc12. The molecule has 3 heterocycles. The maximum Gasteiger partial charge on any atom is 0.354 e. The van der Waals surface area contributed by atoms with Crippen molar-refractivity contribution in [1.82, 2.24) is 14.6 Å². The Hall–Kier alpha value is -3.42. The molecule has 2 N–H and O–H groups in total. The maximum atomic E-state index is 12.4. The molecule has 0 spiro atoms. The molecule has 1 atom stereocenters. The minimum absolute atomic E-state index is 0.00359. The highest BCUT2D eigenvalue weighted by atomic mass is 16.4. The van der Waals surface area contributed by atoms with Crippen molar-refractivity contribution in [3.05, 3.63) is 53.7 Å². The largest absolute Gasteiger partial charge is 0.477 e. The van der Waals surface area contributed by atoms with Crippen LogP contribution in [-0.4, -0.2) is 44.2 Å². The smallest absolute Gasteiger partial charge is 0.354 e. The van der Waals surface area contributed by atoms with Crippen LogP contribution in [0.3, 0.4) is 0 Å². The Morgan fingerprint density at radius 2 is 1.93 bits per heavy atom. The Morgan fingerprint density at radius 3 is 2.64 bits per heavy atom. The van der Waals surface area contributed by atoms with Gasteiger partial charge in [-0.1, -0.05) is 18.2 Å². The summed E-state index contributed by atoms with van der Waals surface area (Å²) in [5.41, 5.74) is 1.72. The van der Waals surface area contributed by atoms with Crippen molar-refractivity contribution in [1.29, 1.82) is 0 Å². The van der Waals surface area contributed by atoms with Gasteiger partial charge in [0.15, 0.2) is 11.3 Å². The second kappa shape index (κ2) is 7.30. The van der Waals surface area contributed by atoms with E-state index in [0.717, 1.165) is 25.1 Å². The van der Waals surface area contributed by atoms with Crippen molar-refractivity contribution < 1.29 is 14.7 Å². The molecular formula is C20H21N5O3. The zero-order valence-corrected chi connectivity index (χ0v) is 15.5. The lowest BCUT2D eigenvalue weighted by molar-refractivity contribution is 0.0687. The van der Waals surface area contributed by atoms with Gasteiger partial charge in [-0.15, -0.1) is 5.10 Å². The first-order valence-electron chi connectivity index (χ1n) is 9.30. The summed E-state index contributed by atoms with van der Waals surface area (Å²) in [5.74, 6) is -1.37. The summed E-state index contributed by atoms with van der Waals surface area (Å²) in [5, 5.41) is 16.4. The van der Waals surface area contributed by atoms with E-state index in [0.29, 0.717) is 17.3 Å². The predicted octanol–water partition coefficient (Wildman–Crippen LogP) is 3.06. The monoisotopic (exact) mass is 379 g/mol. The molecule has 144 valence electrons. The van der Waals surface area contributed by atoms with Crippen LogP contribution >= 0.6 is 0 Å². The van der Waals surface area contributed by atoms with Crippen LogP contribution in [-0.2, 0) is 0 Å². The third-order valence-corrected chi connectivity index (χ3v) is 5.06. The number of fused-ring (bicyclic) bond motifs is 1. The van der Waals surface area contributed by atoms with Crippen molar-refractivity contribution in [3.63, 3.8) is 0 Å². The number of amides is 1. The number of anilines is 2. The molecule has 28 heavy (non-hydrogen) atoms. The first-order valence-corrected chi connectivity index (χ1v) is 9.30. The molecule has 1 aliphatic heterocycles. The zero-order chi connectivity index (χ0) is 19.7. The molecule has 1 aromatic carbocycles. The summed E-state index contributed by atoms with van der Waals surface area (Å²) in [4.78, 5) is 30.7. The Bertz CT molecular complexity index is 1030. The molecule has 2 aromatic heterocycles. The van der Waals surface area contributed by atoms with E-state index in [2.05, 4.69) is 27.2 Å². The van der Waals surface area contributed by atoms with Crippen LogP contribution in [0.15, 0.2) is 42.5 Å². The quantitative estimate of drug-likeness (QED) is 0.723. The topological polar surface area (TPSA) is 99.8 Å². The fraction of sp³-hybridized carbons (Fsp3) is 0.300. The number of nitrogens with one attached hydrogen (secondary N) is 1. The van der Waals surface area contributed by atoms with Gasteiger partial charge in [0, 0.05) is 18.2 Å². The predicted molar refractivity (Wildman–Crippen MR) is 105 cm³/mol. The third-order valence-electron chi connectivity index (χ3n) is 5.06. The number of benzene rings is 1. The molecule has 0 aliphatic carbocycles. The van der Waals surface area contributed by atoms with Gasteiger partial charge in [-0.2, -0.15) is 4.98 Å². The van der Waals surface area contributed by atoms with Crippen molar-refractivity contribution in [2.75, 3.05) is 16.8 Å². The maximum absolute atomic E-state index is 12.4. The normalized spacial score (nSPS) is 16.9. The van der Waals surface area contributed by atoms with Crippen LogP contribution in [0, 0.1) is 0 Å². The van der Waals surface area contributed by atoms with Crippen molar-refractivity contribution >= 4 is 29.2 Å². The van der Waals surface area contributed by atoms with E-state index in [1.807, 2.05) is 6.07 Å². The van der Waals surface area contributed by atoms with Crippen molar-refractivity contribution in [2.45, 2.75) is 32.2 Å². The van der Waals surface area contributed by atoms with Gasteiger partial charge in [-0.05, 0) is 50.5 Å². The number of carboxylic acids is 1. The van der Waals surface area contributed by atoms with Crippen LogP contribution in [0.1, 0.15) is 47.0 Å². The molecule has 8 heteroatoms. The molecule has 1 unspecified atom stereocenters. The van der Waals surface area contributed by atoms with Crippen LogP contribution in [0.25, 0.3) is 5.65 Å². The Balaban J connectivity index is 1.75. The number of carbonyl (C=O) groups excluding carboxylic acids is 1. The van der Waals surface area contributed by atoms with E-state index in [9.17, 15) is 14.7 Å². The molecule has 1 saturated heterocycles. The van der Waals surface area contributed by atoms with E-state index >= 15 is 0 Å². The summed E-state index contributed by atoms with van der Waals surface area (Å²) in [7, 11) is 0. The first-order chi connectivity index (χ1) is 13.5. The molecule has 0 bridgehead atoms. The molecular weight excluding hydrogens is 358 g/mol. The second-order valence-corrected chi connectivity index (χ2v) is 6.94. The molecule has 1 aliphatic rings. The van der Waals surface area contributed by atoms with E-state index in [1.54, 1.807) is 30.3 Å². The number of aromatic nitrogens is 3.